The lowest BCUT2D eigenvalue weighted by Gasteiger charge is -2.14. The fourth-order valence-electron chi connectivity index (χ4n) is 2.28. The second-order valence-electron chi connectivity index (χ2n) is 6.04. The molecule has 1 unspecified atom stereocenters. The van der Waals surface area contributed by atoms with Crippen LogP contribution >= 0.6 is 0 Å². The molecule has 0 aliphatic rings. The van der Waals surface area contributed by atoms with Crippen LogP contribution < -0.4 is 10.6 Å². The van der Waals surface area contributed by atoms with Gasteiger partial charge in [-0.2, -0.15) is 0 Å². The number of amides is 2. The van der Waals surface area contributed by atoms with E-state index in [-0.39, 0.29) is 24.3 Å². The fraction of sp³-hybridized carbons (Fsp3) is 0.300. The van der Waals surface area contributed by atoms with Crippen molar-refractivity contribution in [1.82, 2.24) is 5.32 Å². The average Bonchev–Trinajstić information content (AvgIpc) is 2.57. The maximum atomic E-state index is 12.3. The molecule has 0 saturated heterocycles. The second kappa shape index (κ2) is 8.29. The van der Waals surface area contributed by atoms with Crippen molar-refractivity contribution in [2.75, 3.05) is 5.32 Å². The minimum absolute atomic E-state index is 0.0915. The minimum Gasteiger partial charge on any atom is -0.350 e. The number of aryl methyl sites for hydroxylation is 1. The van der Waals surface area contributed by atoms with E-state index in [4.69, 9.17) is 0 Å². The van der Waals surface area contributed by atoms with Crippen LogP contribution in [0.5, 0.6) is 0 Å². The largest absolute Gasteiger partial charge is 0.350 e. The Morgan fingerprint density at radius 3 is 2.38 bits per heavy atom. The summed E-state index contributed by atoms with van der Waals surface area (Å²) in [7, 11) is 0. The molecule has 0 fully saturated rings. The van der Waals surface area contributed by atoms with Crippen LogP contribution in [0.25, 0.3) is 0 Å². The quantitative estimate of drug-likeness (QED) is 0.851. The van der Waals surface area contributed by atoms with Gasteiger partial charge in [0, 0.05) is 6.04 Å². The molecule has 0 radical (unpaired) electrons. The standard InChI is InChI=1S/C20H24N2O2/c1-4-15(3)21-20(24)17-7-5-6-8-18(17)22-19(23)13-16-11-9-14(2)10-12-16/h5-12,15H,4,13H2,1-3H3,(H,21,24)(H,22,23). The number of benzene rings is 2. The van der Waals surface area contributed by atoms with Gasteiger partial charge in [0.05, 0.1) is 17.7 Å². The van der Waals surface area contributed by atoms with Crippen LogP contribution in [-0.4, -0.2) is 17.9 Å². The SMILES string of the molecule is CCC(C)NC(=O)c1ccccc1NC(=O)Cc1ccc(C)cc1. The lowest BCUT2D eigenvalue weighted by atomic mass is 10.1. The highest BCUT2D eigenvalue weighted by Gasteiger charge is 2.14. The number of rotatable bonds is 6. The summed E-state index contributed by atoms with van der Waals surface area (Å²) in [6.07, 6.45) is 1.13. The summed E-state index contributed by atoms with van der Waals surface area (Å²) in [5.41, 5.74) is 3.12. The van der Waals surface area contributed by atoms with Crippen molar-refractivity contribution in [3.63, 3.8) is 0 Å². The average molecular weight is 324 g/mol. The van der Waals surface area contributed by atoms with Gasteiger partial charge in [0.25, 0.3) is 5.91 Å². The summed E-state index contributed by atoms with van der Waals surface area (Å²) < 4.78 is 0. The normalized spacial score (nSPS) is 11.6. The molecule has 0 aromatic heterocycles. The first kappa shape index (κ1) is 17.7. The Bertz CT molecular complexity index is 708. The molecule has 0 aliphatic heterocycles. The maximum Gasteiger partial charge on any atom is 0.253 e. The summed E-state index contributed by atoms with van der Waals surface area (Å²) in [6.45, 7) is 5.98. The Morgan fingerprint density at radius 1 is 1.04 bits per heavy atom. The monoisotopic (exact) mass is 324 g/mol. The molecule has 0 saturated carbocycles. The predicted octanol–water partition coefficient (Wildman–Crippen LogP) is 3.70. The van der Waals surface area contributed by atoms with Crippen molar-refractivity contribution in [2.24, 2.45) is 0 Å². The van der Waals surface area contributed by atoms with Crippen LogP contribution in [0.15, 0.2) is 48.5 Å². The van der Waals surface area contributed by atoms with Crippen molar-refractivity contribution in [3.05, 3.63) is 65.2 Å². The number of carbonyl (C=O) groups excluding carboxylic acids is 2. The third-order valence-electron chi connectivity index (χ3n) is 3.92. The Hall–Kier alpha value is -2.62. The molecule has 2 N–H and O–H groups in total. The summed E-state index contributed by atoms with van der Waals surface area (Å²) in [6, 6.07) is 15.0. The van der Waals surface area contributed by atoms with E-state index < -0.39 is 0 Å². The summed E-state index contributed by atoms with van der Waals surface area (Å²) in [4.78, 5) is 24.6. The molecule has 0 heterocycles. The molecule has 1 atom stereocenters. The van der Waals surface area contributed by atoms with Crippen LogP contribution in [0.2, 0.25) is 0 Å². The van der Waals surface area contributed by atoms with Gasteiger partial charge in [-0.3, -0.25) is 9.59 Å². The Labute approximate surface area is 143 Å². The van der Waals surface area contributed by atoms with E-state index in [0.717, 1.165) is 17.5 Å². The Balaban J connectivity index is 2.07. The van der Waals surface area contributed by atoms with Gasteiger partial charge in [-0.15, -0.1) is 0 Å². The van der Waals surface area contributed by atoms with Crippen LogP contribution in [-0.2, 0) is 11.2 Å². The van der Waals surface area contributed by atoms with Crippen molar-refractivity contribution in [3.8, 4) is 0 Å². The number of carbonyl (C=O) groups is 2. The number of nitrogens with one attached hydrogen (secondary N) is 2. The van der Waals surface area contributed by atoms with E-state index in [9.17, 15) is 9.59 Å². The van der Waals surface area contributed by atoms with Crippen molar-refractivity contribution in [2.45, 2.75) is 39.7 Å². The first-order valence-electron chi connectivity index (χ1n) is 8.25. The number of para-hydroxylation sites is 1. The third-order valence-corrected chi connectivity index (χ3v) is 3.92. The van der Waals surface area contributed by atoms with Gasteiger partial charge in [-0.05, 0) is 38.0 Å². The summed E-state index contributed by atoms with van der Waals surface area (Å²) >= 11 is 0. The smallest absolute Gasteiger partial charge is 0.253 e. The van der Waals surface area contributed by atoms with Gasteiger partial charge >= 0.3 is 0 Å². The molecule has 4 heteroatoms. The number of hydrogen-bond acceptors (Lipinski definition) is 2. The highest BCUT2D eigenvalue weighted by Crippen LogP contribution is 2.16. The van der Waals surface area contributed by atoms with Crippen LogP contribution in [0.1, 0.15) is 41.8 Å². The summed E-state index contributed by atoms with van der Waals surface area (Å²) in [5.74, 6) is -0.307. The molecule has 0 aliphatic carbocycles. The lowest BCUT2D eigenvalue weighted by Crippen LogP contribution is -2.32. The maximum absolute atomic E-state index is 12.3. The first-order valence-corrected chi connectivity index (χ1v) is 8.25. The van der Waals surface area contributed by atoms with E-state index in [2.05, 4.69) is 10.6 Å². The Morgan fingerprint density at radius 2 is 1.71 bits per heavy atom. The van der Waals surface area contributed by atoms with E-state index >= 15 is 0 Å². The van der Waals surface area contributed by atoms with Gasteiger partial charge in [-0.1, -0.05) is 48.9 Å². The van der Waals surface area contributed by atoms with Crippen LogP contribution in [0, 0.1) is 6.92 Å². The molecule has 2 amide bonds. The van der Waals surface area contributed by atoms with Gasteiger partial charge < -0.3 is 10.6 Å². The minimum atomic E-state index is -0.171. The number of anilines is 1. The van der Waals surface area contributed by atoms with Crippen LogP contribution in [0.3, 0.4) is 0 Å². The van der Waals surface area contributed by atoms with E-state index in [1.165, 1.54) is 0 Å². The van der Waals surface area contributed by atoms with Crippen LogP contribution in [0.4, 0.5) is 5.69 Å². The highest BCUT2D eigenvalue weighted by molar-refractivity contribution is 6.04. The van der Waals surface area contributed by atoms with E-state index in [0.29, 0.717) is 11.3 Å². The molecule has 0 spiro atoms. The molecule has 126 valence electrons. The summed E-state index contributed by atoms with van der Waals surface area (Å²) in [5, 5.41) is 5.77. The first-order chi connectivity index (χ1) is 11.5. The topological polar surface area (TPSA) is 58.2 Å². The van der Waals surface area contributed by atoms with Gasteiger partial charge in [0.1, 0.15) is 0 Å². The van der Waals surface area contributed by atoms with Gasteiger partial charge in [-0.25, -0.2) is 0 Å². The van der Waals surface area contributed by atoms with Crippen molar-refractivity contribution >= 4 is 17.5 Å². The van der Waals surface area contributed by atoms with Gasteiger partial charge in [0.15, 0.2) is 0 Å². The molecular formula is C20H24N2O2. The molecular weight excluding hydrogens is 300 g/mol. The Kier molecular flexibility index (Phi) is 6.13. The molecule has 0 bridgehead atoms. The predicted molar refractivity (Wildman–Crippen MR) is 97.2 cm³/mol. The second-order valence-corrected chi connectivity index (χ2v) is 6.04. The van der Waals surface area contributed by atoms with E-state index in [1.54, 1.807) is 18.2 Å². The zero-order valence-electron chi connectivity index (χ0n) is 14.4. The molecule has 24 heavy (non-hydrogen) atoms. The number of hydrogen-bond donors (Lipinski definition) is 2. The third kappa shape index (κ3) is 4.95. The molecule has 2 rings (SSSR count). The lowest BCUT2D eigenvalue weighted by molar-refractivity contribution is -0.115. The van der Waals surface area contributed by atoms with Crippen molar-refractivity contribution in [1.29, 1.82) is 0 Å². The molecule has 2 aromatic carbocycles. The van der Waals surface area contributed by atoms with E-state index in [1.807, 2.05) is 51.1 Å². The van der Waals surface area contributed by atoms with Crippen molar-refractivity contribution < 1.29 is 9.59 Å². The zero-order valence-corrected chi connectivity index (χ0v) is 14.4. The zero-order chi connectivity index (χ0) is 17.5. The fourth-order valence-corrected chi connectivity index (χ4v) is 2.28. The van der Waals surface area contributed by atoms with Gasteiger partial charge in [0.2, 0.25) is 5.91 Å². The highest BCUT2D eigenvalue weighted by atomic mass is 16.2. The molecule has 4 nitrogen and oxygen atoms in total. The molecule has 2 aromatic rings.